The van der Waals surface area contributed by atoms with Gasteiger partial charge in [-0.2, -0.15) is 23.5 Å². The molecule has 2 heterocycles. The molecule has 8 heteroatoms. The fourth-order valence-corrected chi connectivity index (χ4v) is 5.31. The van der Waals surface area contributed by atoms with E-state index in [1.807, 2.05) is 23.5 Å². The van der Waals surface area contributed by atoms with E-state index in [-0.39, 0.29) is 5.75 Å². The Kier molecular flexibility index (Phi) is 6.10. The highest BCUT2D eigenvalue weighted by Gasteiger charge is 2.21. The summed E-state index contributed by atoms with van der Waals surface area (Å²) in [4.78, 5) is 10.7. The van der Waals surface area contributed by atoms with Crippen LogP contribution in [0.25, 0.3) is 0 Å². The number of carboxylic acids is 1. The first-order valence-corrected chi connectivity index (χ1v) is 9.74. The van der Waals surface area contributed by atoms with E-state index < -0.39 is 5.97 Å². The molecular formula is C12H19N3O2S3. The number of hydrogen-bond donors (Lipinski definition) is 1. The standard InChI is InChI=1S/C12H19N3O2S3/c1-8(2)11-13-14-12(20-7-10(16)17)15(11)5-9-6-18-3-4-19-9/h8-9H,3-7H2,1-2H3,(H,16,17). The van der Waals surface area contributed by atoms with Crippen molar-refractivity contribution in [3.8, 4) is 0 Å². The largest absolute Gasteiger partial charge is 0.481 e. The highest BCUT2D eigenvalue weighted by atomic mass is 32.2. The molecule has 1 aromatic rings. The average Bonchev–Trinajstić information content (AvgIpc) is 2.80. The van der Waals surface area contributed by atoms with E-state index in [2.05, 4.69) is 28.6 Å². The summed E-state index contributed by atoms with van der Waals surface area (Å²) in [5.74, 6) is 4.01. The maximum Gasteiger partial charge on any atom is 0.313 e. The van der Waals surface area contributed by atoms with Crippen LogP contribution in [0.5, 0.6) is 0 Å². The van der Waals surface area contributed by atoms with Crippen LogP contribution in [0.2, 0.25) is 0 Å². The molecule has 1 aliphatic heterocycles. The monoisotopic (exact) mass is 333 g/mol. The Morgan fingerprint density at radius 2 is 2.30 bits per heavy atom. The van der Waals surface area contributed by atoms with E-state index in [4.69, 9.17) is 5.11 Å². The van der Waals surface area contributed by atoms with Crippen molar-refractivity contribution in [2.24, 2.45) is 0 Å². The molecular weight excluding hydrogens is 314 g/mol. The fourth-order valence-electron chi connectivity index (χ4n) is 1.98. The first kappa shape index (κ1) is 16.0. The van der Waals surface area contributed by atoms with E-state index in [1.54, 1.807) is 0 Å². The van der Waals surface area contributed by atoms with Crippen molar-refractivity contribution < 1.29 is 9.90 Å². The van der Waals surface area contributed by atoms with Gasteiger partial charge in [0.2, 0.25) is 0 Å². The van der Waals surface area contributed by atoms with Gasteiger partial charge >= 0.3 is 5.97 Å². The van der Waals surface area contributed by atoms with Gasteiger partial charge in [0, 0.05) is 35.0 Å². The van der Waals surface area contributed by atoms with E-state index in [0.29, 0.717) is 11.2 Å². The minimum atomic E-state index is -0.821. The maximum atomic E-state index is 10.7. The van der Waals surface area contributed by atoms with Crippen molar-refractivity contribution in [2.75, 3.05) is 23.0 Å². The summed E-state index contributed by atoms with van der Waals surface area (Å²) in [6.07, 6.45) is 0. The van der Waals surface area contributed by atoms with Crippen LogP contribution in [0.3, 0.4) is 0 Å². The van der Waals surface area contributed by atoms with Crippen LogP contribution in [0, 0.1) is 0 Å². The first-order chi connectivity index (χ1) is 9.58. The molecule has 0 bridgehead atoms. The molecule has 1 saturated heterocycles. The molecule has 0 aliphatic carbocycles. The zero-order valence-corrected chi connectivity index (χ0v) is 14.1. The average molecular weight is 334 g/mol. The van der Waals surface area contributed by atoms with Crippen molar-refractivity contribution in [1.82, 2.24) is 14.8 Å². The lowest BCUT2D eigenvalue weighted by Gasteiger charge is -2.23. The molecule has 1 unspecified atom stereocenters. The molecule has 0 amide bonds. The number of hydrogen-bond acceptors (Lipinski definition) is 6. The van der Waals surface area contributed by atoms with Crippen LogP contribution in [0.4, 0.5) is 0 Å². The van der Waals surface area contributed by atoms with Crippen LogP contribution in [-0.2, 0) is 11.3 Å². The Hall–Kier alpha value is -0.340. The predicted molar refractivity (Wildman–Crippen MR) is 86.0 cm³/mol. The lowest BCUT2D eigenvalue weighted by molar-refractivity contribution is -0.133. The number of thioether (sulfide) groups is 3. The number of aliphatic carboxylic acids is 1. The summed E-state index contributed by atoms with van der Waals surface area (Å²) in [7, 11) is 0. The van der Waals surface area contributed by atoms with Gasteiger partial charge in [-0.25, -0.2) is 0 Å². The van der Waals surface area contributed by atoms with Crippen LogP contribution in [0.15, 0.2) is 5.16 Å². The number of rotatable bonds is 6. The quantitative estimate of drug-likeness (QED) is 0.802. The Morgan fingerprint density at radius 1 is 1.50 bits per heavy atom. The van der Waals surface area contributed by atoms with E-state index in [0.717, 1.165) is 23.3 Å². The lowest BCUT2D eigenvalue weighted by Crippen LogP contribution is -2.22. The predicted octanol–water partition coefficient (Wildman–Crippen LogP) is 2.43. The third-order valence-electron chi connectivity index (χ3n) is 2.86. The van der Waals surface area contributed by atoms with Gasteiger partial charge < -0.3 is 9.67 Å². The van der Waals surface area contributed by atoms with Crippen LogP contribution in [-0.4, -0.2) is 54.1 Å². The number of carbonyl (C=O) groups is 1. The van der Waals surface area contributed by atoms with E-state index in [9.17, 15) is 4.79 Å². The molecule has 5 nitrogen and oxygen atoms in total. The molecule has 0 saturated carbocycles. The number of nitrogens with zero attached hydrogens (tertiary/aromatic N) is 3. The molecule has 0 aromatic carbocycles. The molecule has 0 radical (unpaired) electrons. The van der Waals surface area contributed by atoms with Gasteiger partial charge in [0.05, 0.1) is 5.75 Å². The Morgan fingerprint density at radius 3 is 2.90 bits per heavy atom. The molecule has 20 heavy (non-hydrogen) atoms. The summed E-state index contributed by atoms with van der Waals surface area (Å²) in [6.45, 7) is 5.06. The second kappa shape index (κ2) is 7.61. The molecule has 1 N–H and O–H groups in total. The molecule has 1 aliphatic rings. The SMILES string of the molecule is CC(C)c1nnc(SCC(=O)O)n1CC1CSCCS1. The highest BCUT2D eigenvalue weighted by Crippen LogP contribution is 2.28. The van der Waals surface area contributed by atoms with Gasteiger partial charge in [-0.05, 0) is 0 Å². The van der Waals surface area contributed by atoms with E-state index in [1.165, 1.54) is 23.3 Å². The summed E-state index contributed by atoms with van der Waals surface area (Å²) in [6, 6.07) is 0. The van der Waals surface area contributed by atoms with Crippen molar-refractivity contribution in [1.29, 1.82) is 0 Å². The van der Waals surface area contributed by atoms with Crippen molar-refractivity contribution in [3.63, 3.8) is 0 Å². The molecule has 2 rings (SSSR count). The minimum Gasteiger partial charge on any atom is -0.481 e. The zero-order chi connectivity index (χ0) is 14.5. The van der Waals surface area contributed by atoms with Crippen molar-refractivity contribution in [3.05, 3.63) is 5.82 Å². The van der Waals surface area contributed by atoms with Gasteiger partial charge in [0.15, 0.2) is 5.16 Å². The summed E-state index contributed by atoms with van der Waals surface area (Å²) in [5, 5.41) is 18.5. The summed E-state index contributed by atoms with van der Waals surface area (Å²) >= 11 is 5.24. The number of carboxylic acid groups (broad SMARTS) is 1. The van der Waals surface area contributed by atoms with Gasteiger partial charge in [-0.1, -0.05) is 25.6 Å². The third-order valence-corrected chi connectivity index (χ3v) is 6.64. The smallest absolute Gasteiger partial charge is 0.313 e. The molecule has 1 atom stereocenters. The lowest BCUT2D eigenvalue weighted by atomic mass is 10.2. The van der Waals surface area contributed by atoms with Crippen molar-refractivity contribution >= 4 is 41.3 Å². The second-order valence-electron chi connectivity index (χ2n) is 4.86. The molecule has 1 aromatic heterocycles. The van der Waals surface area contributed by atoms with Gasteiger partial charge in [-0.3, -0.25) is 4.79 Å². The first-order valence-electron chi connectivity index (χ1n) is 6.55. The molecule has 0 spiro atoms. The third kappa shape index (κ3) is 4.33. The zero-order valence-electron chi connectivity index (χ0n) is 11.6. The van der Waals surface area contributed by atoms with Gasteiger partial charge in [0.25, 0.3) is 0 Å². The van der Waals surface area contributed by atoms with Crippen LogP contribution < -0.4 is 0 Å². The number of aromatic nitrogens is 3. The fraction of sp³-hybridized carbons (Fsp3) is 0.750. The van der Waals surface area contributed by atoms with Crippen LogP contribution in [0.1, 0.15) is 25.6 Å². The second-order valence-corrected chi connectivity index (χ2v) is 8.36. The molecule has 112 valence electrons. The van der Waals surface area contributed by atoms with Gasteiger partial charge in [-0.15, -0.1) is 10.2 Å². The minimum absolute atomic E-state index is 0.0305. The summed E-state index contributed by atoms with van der Waals surface area (Å²) in [5.41, 5.74) is 0. The topological polar surface area (TPSA) is 68.0 Å². The van der Waals surface area contributed by atoms with Crippen LogP contribution >= 0.6 is 35.3 Å². The Balaban J connectivity index is 2.12. The Labute approximate surface area is 131 Å². The molecule has 1 fully saturated rings. The Bertz CT molecular complexity index is 459. The van der Waals surface area contributed by atoms with Gasteiger partial charge in [0.1, 0.15) is 5.82 Å². The van der Waals surface area contributed by atoms with E-state index >= 15 is 0 Å². The van der Waals surface area contributed by atoms with Crippen molar-refractivity contribution in [2.45, 2.75) is 36.7 Å². The summed E-state index contributed by atoms with van der Waals surface area (Å²) < 4.78 is 2.11. The highest BCUT2D eigenvalue weighted by molar-refractivity contribution is 8.06. The normalized spacial score (nSPS) is 19.4. The maximum absolute atomic E-state index is 10.7.